The second kappa shape index (κ2) is 6.24. The number of amides is 1. The van der Waals surface area contributed by atoms with Crippen LogP contribution in [0.25, 0.3) is 0 Å². The summed E-state index contributed by atoms with van der Waals surface area (Å²) < 4.78 is 5.13. The molecule has 3 N–H and O–H groups in total. The molecule has 1 rings (SSSR count). The Labute approximate surface area is 89.8 Å². The third kappa shape index (κ3) is 4.65. The average Bonchev–Trinajstić information content (AvgIpc) is 2.75. The van der Waals surface area contributed by atoms with E-state index in [9.17, 15) is 4.79 Å². The van der Waals surface area contributed by atoms with Crippen molar-refractivity contribution in [3.8, 4) is 0 Å². The number of furan rings is 1. The molecule has 84 valence electrons. The van der Waals surface area contributed by atoms with Crippen LogP contribution in [-0.4, -0.2) is 19.0 Å². The van der Waals surface area contributed by atoms with E-state index in [-0.39, 0.29) is 5.91 Å². The molecule has 1 amide bonds. The normalized spacial score (nSPS) is 12.4. The Morgan fingerprint density at radius 2 is 2.47 bits per heavy atom. The zero-order valence-electron chi connectivity index (χ0n) is 9.03. The second-order valence-electron chi connectivity index (χ2n) is 3.72. The van der Waals surface area contributed by atoms with Gasteiger partial charge < -0.3 is 15.5 Å². The number of carbonyl (C=O) groups excluding carboxylic acids is 1. The molecule has 4 heteroatoms. The summed E-state index contributed by atoms with van der Waals surface area (Å²) >= 11 is 0. The minimum Gasteiger partial charge on any atom is -0.469 e. The molecule has 1 heterocycles. The summed E-state index contributed by atoms with van der Waals surface area (Å²) in [6, 6.07) is 3.69. The third-order valence-corrected chi connectivity index (χ3v) is 2.23. The number of hydrogen-bond donors (Lipinski definition) is 2. The van der Waals surface area contributed by atoms with Crippen molar-refractivity contribution in [2.45, 2.75) is 19.8 Å². The monoisotopic (exact) mass is 210 g/mol. The van der Waals surface area contributed by atoms with Crippen molar-refractivity contribution in [3.05, 3.63) is 24.2 Å². The highest BCUT2D eigenvalue weighted by molar-refractivity contribution is 5.76. The van der Waals surface area contributed by atoms with Gasteiger partial charge in [-0.2, -0.15) is 0 Å². The summed E-state index contributed by atoms with van der Waals surface area (Å²) in [5.74, 6) is 1.22. The molecule has 0 fully saturated rings. The van der Waals surface area contributed by atoms with Gasteiger partial charge >= 0.3 is 0 Å². The van der Waals surface area contributed by atoms with E-state index in [0.29, 0.717) is 31.8 Å². The molecule has 0 spiro atoms. The fraction of sp³-hybridized carbons (Fsp3) is 0.545. The van der Waals surface area contributed by atoms with Gasteiger partial charge in [0.05, 0.1) is 6.26 Å². The standard InChI is InChI=1S/C11H18N2O2/c1-9(7-12)8-13-11(14)5-4-10-3-2-6-15-10/h2-3,6,9H,4-5,7-8,12H2,1H3,(H,13,14). The SMILES string of the molecule is CC(CN)CNC(=O)CCc1ccco1. The first kappa shape index (κ1) is 11.8. The van der Waals surface area contributed by atoms with Gasteiger partial charge in [-0.05, 0) is 24.6 Å². The first-order chi connectivity index (χ1) is 7.22. The van der Waals surface area contributed by atoms with E-state index in [4.69, 9.17) is 10.2 Å². The molecular formula is C11H18N2O2. The number of aryl methyl sites for hydroxylation is 1. The summed E-state index contributed by atoms with van der Waals surface area (Å²) in [7, 11) is 0. The van der Waals surface area contributed by atoms with Crippen LogP contribution < -0.4 is 11.1 Å². The fourth-order valence-corrected chi connectivity index (χ4v) is 1.15. The average molecular weight is 210 g/mol. The quantitative estimate of drug-likeness (QED) is 0.733. The van der Waals surface area contributed by atoms with Gasteiger partial charge in [0.2, 0.25) is 5.91 Å². The largest absolute Gasteiger partial charge is 0.469 e. The van der Waals surface area contributed by atoms with E-state index in [2.05, 4.69) is 5.32 Å². The molecule has 1 aromatic heterocycles. The van der Waals surface area contributed by atoms with Crippen molar-refractivity contribution in [1.82, 2.24) is 5.32 Å². The molecule has 0 aliphatic rings. The van der Waals surface area contributed by atoms with Crippen LogP contribution in [0, 0.1) is 5.92 Å². The minimum absolute atomic E-state index is 0.0479. The Morgan fingerprint density at radius 3 is 3.07 bits per heavy atom. The zero-order valence-corrected chi connectivity index (χ0v) is 9.03. The maximum atomic E-state index is 11.4. The molecule has 15 heavy (non-hydrogen) atoms. The van der Waals surface area contributed by atoms with Crippen molar-refractivity contribution in [1.29, 1.82) is 0 Å². The van der Waals surface area contributed by atoms with Crippen LogP contribution >= 0.6 is 0 Å². The Balaban J connectivity index is 2.14. The predicted molar refractivity (Wildman–Crippen MR) is 58.3 cm³/mol. The third-order valence-electron chi connectivity index (χ3n) is 2.23. The molecule has 0 saturated heterocycles. The molecular weight excluding hydrogens is 192 g/mol. The highest BCUT2D eigenvalue weighted by atomic mass is 16.3. The van der Waals surface area contributed by atoms with E-state index in [1.165, 1.54) is 0 Å². The Hall–Kier alpha value is -1.29. The predicted octanol–water partition coefficient (Wildman–Crippen LogP) is 0.923. The lowest BCUT2D eigenvalue weighted by Crippen LogP contribution is -2.31. The summed E-state index contributed by atoms with van der Waals surface area (Å²) in [6.07, 6.45) is 2.73. The van der Waals surface area contributed by atoms with Gasteiger partial charge in [-0.1, -0.05) is 6.92 Å². The maximum absolute atomic E-state index is 11.4. The van der Waals surface area contributed by atoms with Crippen LogP contribution in [-0.2, 0) is 11.2 Å². The van der Waals surface area contributed by atoms with Gasteiger partial charge in [-0.15, -0.1) is 0 Å². The van der Waals surface area contributed by atoms with Crippen molar-refractivity contribution in [2.75, 3.05) is 13.1 Å². The molecule has 0 aliphatic heterocycles. The Morgan fingerprint density at radius 1 is 1.67 bits per heavy atom. The van der Waals surface area contributed by atoms with E-state index < -0.39 is 0 Å². The first-order valence-electron chi connectivity index (χ1n) is 5.21. The number of nitrogens with two attached hydrogens (primary N) is 1. The molecule has 0 bridgehead atoms. The molecule has 0 aliphatic carbocycles. The Kier molecular flexibility index (Phi) is 4.90. The van der Waals surface area contributed by atoms with Crippen molar-refractivity contribution in [2.24, 2.45) is 11.7 Å². The van der Waals surface area contributed by atoms with E-state index >= 15 is 0 Å². The number of nitrogens with one attached hydrogen (secondary N) is 1. The smallest absolute Gasteiger partial charge is 0.220 e. The van der Waals surface area contributed by atoms with Gasteiger partial charge in [0.15, 0.2) is 0 Å². The van der Waals surface area contributed by atoms with Crippen LogP contribution in [0.3, 0.4) is 0 Å². The molecule has 4 nitrogen and oxygen atoms in total. The van der Waals surface area contributed by atoms with Crippen molar-refractivity contribution >= 4 is 5.91 Å². The highest BCUT2D eigenvalue weighted by Gasteiger charge is 2.05. The maximum Gasteiger partial charge on any atom is 0.220 e. The van der Waals surface area contributed by atoms with E-state index in [1.807, 2.05) is 19.1 Å². The summed E-state index contributed by atoms with van der Waals surface area (Å²) in [5, 5.41) is 2.84. The van der Waals surface area contributed by atoms with Crippen molar-refractivity contribution in [3.63, 3.8) is 0 Å². The van der Waals surface area contributed by atoms with Gasteiger partial charge in [-0.3, -0.25) is 4.79 Å². The lowest BCUT2D eigenvalue weighted by atomic mass is 10.2. The lowest BCUT2D eigenvalue weighted by Gasteiger charge is -2.09. The molecule has 1 unspecified atom stereocenters. The van der Waals surface area contributed by atoms with Gasteiger partial charge in [0, 0.05) is 19.4 Å². The van der Waals surface area contributed by atoms with Gasteiger partial charge in [0.1, 0.15) is 5.76 Å². The topological polar surface area (TPSA) is 68.3 Å². The van der Waals surface area contributed by atoms with Gasteiger partial charge in [-0.25, -0.2) is 0 Å². The van der Waals surface area contributed by atoms with Crippen LogP contribution in [0.5, 0.6) is 0 Å². The number of hydrogen-bond acceptors (Lipinski definition) is 3. The van der Waals surface area contributed by atoms with Gasteiger partial charge in [0.25, 0.3) is 0 Å². The number of carbonyl (C=O) groups is 1. The highest BCUT2D eigenvalue weighted by Crippen LogP contribution is 2.03. The van der Waals surface area contributed by atoms with Crippen LogP contribution in [0.1, 0.15) is 19.1 Å². The molecule has 0 saturated carbocycles. The number of rotatable bonds is 6. The zero-order chi connectivity index (χ0) is 11.1. The summed E-state index contributed by atoms with van der Waals surface area (Å²) in [6.45, 7) is 3.25. The fourth-order valence-electron chi connectivity index (χ4n) is 1.15. The molecule has 0 aromatic carbocycles. The van der Waals surface area contributed by atoms with Crippen LogP contribution in [0.4, 0.5) is 0 Å². The van der Waals surface area contributed by atoms with E-state index in [0.717, 1.165) is 5.76 Å². The first-order valence-corrected chi connectivity index (χ1v) is 5.21. The van der Waals surface area contributed by atoms with E-state index in [1.54, 1.807) is 6.26 Å². The lowest BCUT2D eigenvalue weighted by molar-refractivity contribution is -0.121. The minimum atomic E-state index is 0.0479. The summed E-state index contributed by atoms with van der Waals surface area (Å²) in [4.78, 5) is 11.4. The molecule has 1 aromatic rings. The van der Waals surface area contributed by atoms with Crippen LogP contribution in [0.15, 0.2) is 22.8 Å². The Bertz CT molecular complexity index is 283. The second-order valence-corrected chi connectivity index (χ2v) is 3.72. The molecule has 1 atom stereocenters. The molecule has 0 radical (unpaired) electrons. The summed E-state index contributed by atoms with van der Waals surface area (Å²) in [5.41, 5.74) is 5.44. The van der Waals surface area contributed by atoms with Crippen LogP contribution in [0.2, 0.25) is 0 Å². The van der Waals surface area contributed by atoms with Crippen molar-refractivity contribution < 1.29 is 9.21 Å².